The van der Waals surface area contributed by atoms with Crippen LogP contribution in [0.25, 0.3) is 11.5 Å². The molecule has 4 aromatic rings. The highest BCUT2D eigenvalue weighted by atomic mass is 16.4. The topological polar surface area (TPSA) is 73.0 Å². The average Bonchev–Trinajstić information content (AvgIpc) is 3.33. The molecule has 0 saturated carbocycles. The van der Waals surface area contributed by atoms with E-state index in [2.05, 4.69) is 15.3 Å². The van der Waals surface area contributed by atoms with Gasteiger partial charge in [0.15, 0.2) is 5.69 Å². The monoisotopic (exact) mass is 372 g/mol. The number of carbonyl (C=O) groups is 1. The lowest BCUT2D eigenvalue weighted by molar-refractivity contribution is 0.0935. The molecule has 1 N–H and O–H groups in total. The number of rotatable bonds is 5. The molecule has 0 aliphatic carbocycles. The molecule has 0 aliphatic rings. The lowest BCUT2D eigenvalue weighted by Gasteiger charge is -2.18. The molecule has 2 heterocycles. The molecule has 1 amide bonds. The van der Waals surface area contributed by atoms with Gasteiger partial charge in [0.05, 0.1) is 0 Å². The van der Waals surface area contributed by atoms with Crippen molar-refractivity contribution in [2.45, 2.75) is 13.0 Å². The smallest absolute Gasteiger partial charge is 0.274 e. The van der Waals surface area contributed by atoms with Gasteiger partial charge in [0, 0.05) is 25.0 Å². The van der Waals surface area contributed by atoms with Gasteiger partial charge in [0.1, 0.15) is 17.6 Å². The van der Waals surface area contributed by atoms with E-state index < -0.39 is 6.04 Å². The zero-order valence-electron chi connectivity index (χ0n) is 15.7. The van der Waals surface area contributed by atoms with Crippen LogP contribution < -0.4 is 5.32 Å². The van der Waals surface area contributed by atoms with Gasteiger partial charge in [0.25, 0.3) is 5.91 Å². The molecule has 4 rings (SSSR count). The molecule has 0 radical (unpaired) electrons. The van der Waals surface area contributed by atoms with Gasteiger partial charge in [-0.15, -0.1) is 0 Å². The van der Waals surface area contributed by atoms with Crippen molar-refractivity contribution < 1.29 is 9.21 Å². The van der Waals surface area contributed by atoms with E-state index in [-0.39, 0.29) is 11.6 Å². The number of nitrogens with one attached hydrogen (secondary N) is 1. The third-order valence-corrected chi connectivity index (χ3v) is 4.56. The third kappa shape index (κ3) is 3.44. The van der Waals surface area contributed by atoms with Gasteiger partial charge < -0.3 is 14.3 Å². The van der Waals surface area contributed by atoms with Crippen LogP contribution in [0.5, 0.6) is 0 Å². The van der Waals surface area contributed by atoms with E-state index in [0.717, 1.165) is 17.0 Å². The summed E-state index contributed by atoms with van der Waals surface area (Å²) in [6.07, 6.45) is 3.57. The Morgan fingerprint density at radius 2 is 1.75 bits per heavy atom. The Hall–Kier alpha value is -3.67. The summed E-state index contributed by atoms with van der Waals surface area (Å²) in [5, 5.41) is 3.05. The van der Waals surface area contributed by atoms with Crippen molar-refractivity contribution in [2.75, 3.05) is 0 Å². The number of hydrogen-bond acceptors (Lipinski definition) is 4. The first-order valence-electron chi connectivity index (χ1n) is 8.99. The first-order chi connectivity index (χ1) is 13.6. The first-order valence-corrected chi connectivity index (χ1v) is 8.99. The number of benzene rings is 2. The summed E-state index contributed by atoms with van der Waals surface area (Å²) in [7, 11) is 1.90. The summed E-state index contributed by atoms with van der Waals surface area (Å²) in [5.74, 6) is 1.34. The minimum atomic E-state index is -0.398. The van der Waals surface area contributed by atoms with Crippen LogP contribution in [-0.4, -0.2) is 20.4 Å². The highest BCUT2D eigenvalue weighted by molar-refractivity contribution is 5.94. The lowest BCUT2D eigenvalue weighted by atomic mass is 10.1. The Kier molecular flexibility index (Phi) is 4.76. The largest absolute Gasteiger partial charge is 0.441 e. The number of carbonyl (C=O) groups excluding carboxylic acids is 1. The van der Waals surface area contributed by atoms with E-state index in [1.54, 1.807) is 13.1 Å². The number of hydrogen-bond donors (Lipinski definition) is 1. The maximum absolute atomic E-state index is 13.0. The molecule has 2 aromatic carbocycles. The number of aromatic nitrogens is 3. The zero-order chi connectivity index (χ0) is 19.5. The Morgan fingerprint density at radius 3 is 2.39 bits per heavy atom. The fourth-order valence-electron chi connectivity index (χ4n) is 3.11. The number of nitrogens with zero attached hydrogens (tertiary/aromatic N) is 3. The molecule has 0 aliphatic heterocycles. The van der Waals surface area contributed by atoms with Crippen LogP contribution in [0.1, 0.15) is 33.7 Å². The van der Waals surface area contributed by atoms with E-state index >= 15 is 0 Å². The Bertz CT molecular complexity index is 1080. The highest BCUT2D eigenvalue weighted by Gasteiger charge is 2.25. The number of amides is 1. The molecular weight excluding hydrogens is 352 g/mol. The Labute approximate surface area is 162 Å². The van der Waals surface area contributed by atoms with Crippen LogP contribution in [0.15, 0.2) is 77.5 Å². The third-order valence-electron chi connectivity index (χ3n) is 4.56. The molecule has 1 unspecified atom stereocenters. The predicted octanol–water partition coefficient (Wildman–Crippen LogP) is 3.90. The summed E-state index contributed by atoms with van der Waals surface area (Å²) < 4.78 is 7.62. The molecule has 28 heavy (non-hydrogen) atoms. The SMILES string of the molecule is Cc1oc(-c2ccccc2)nc1C(=O)NC(c1ccccc1)c1nccn1C. The van der Waals surface area contributed by atoms with Crippen LogP contribution in [0.4, 0.5) is 0 Å². The second-order valence-electron chi connectivity index (χ2n) is 6.50. The molecular formula is C22H20N4O2. The normalized spacial score (nSPS) is 11.9. The van der Waals surface area contributed by atoms with Crippen LogP contribution in [0, 0.1) is 6.92 Å². The molecule has 2 aromatic heterocycles. The summed E-state index contributed by atoms with van der Waals surface area (Å²) in [5.41, 5.74) is 2.04. The van der Waals surface area contributed by atoms with Crippen molar-refractivity contribution in [3.8, 4) is 11.5 Å². The van der Waals surface area contributed by atoms with Crippen molar-refractivity contribution in [1.29, 1.82) is 0 Å². The molecule has 0 spiro atoms. The van der Waals surface area contributed by atoms with E-state index in [1.807, 2.05) is 78.5 Å². The van der Waals surface area contributed by atoms with Crippen LogP contribution in [-0.2, 0) is 7.05 Å². The summed E-state index contributed by atoms with van der Waals surface area (Å²) >= 11 is 0. The standard InChI is InChI=1S/C22H20N4O2/c1-15-18(25-22(28-15)17-11-7-4-8-12-17)21(27)24-19(16-9-5-3-6-10-16)20-23-13-14-26(20)2/h3-14,19H,1-2H3,(H,24,27). The van der Waals surface area contributed by atoms with Gasteiger partial charge in [-0.1, -0.05) is 48.5 Å². The van der Waals surface area contributed by atoms with Crippen molar-refractivity contribution >= 4 is 5.91 Å². The maximum Gasteiger partial charge on any atom is 0.274 e. The fraction of sp³-hybridized carbons (Fsp3) is 0.136. The lowest BCUT2D eigenvalue weighted by Crippen LogP contribution is -2.31. The Morgan fingerprint density at radius 1 is 1.07 bits per heavy atom. The van der Waals surface area contributed by atoms with Crippen LogP contribution in [0.3, 0.4) is 0 Å². The van der Waals surface area contributed by atoms with Gasteiger partial charge >= 0.3 is 0 Å². The van der Waals surface area contributed by atoms with Gasteiger partial charge in [0.2, 0.25) is 5.89 Å². The first kappa shape index (κ1) is 17.7. The van der Waals surface area contributed by atoms with E-state index in [9.17, 15) is 4.79 Å². The summed E-state index contributed by atoms with van der Waals surface area (Å²) in [6.45, 7) is 1.74. The molecule has 1 atom stereocenters. The molecule has 6 heteroatoms. The van der Waals surface area contributed by atoms with Crippen molar-refractivity contribution in [3.05, 3.63) is 95.9 Å². The summed E-state index contributed by atoms with van der Waals surface area (Å²) in [4.78, 5) is 21.9. The second-order valence-corrected chi connectivity index (χ2v) is 6.50. The maximum atomic E-state index is 13.0. The van der Waals surface area contributed by atoms with E-state index in [1.165, 1.54) is 0 Å². The quantitative estimate of drug-likeness (QED) is 0.577. The number of oxazole rings is 1. The van der Waals surface area contributed by atoms with E-state index in [0.29, 0.717) is 11.7 Å². The van der Waals surface area contributed by atoms with Gasteiger partial charge in [-0.2, -0.15) is 0 Å². The Balaban J connectivity index is 1.66. The molecule has 0 bridgehead atoms. The van der Waals surface area contributed by atoms with Crippen molar-refractivity contribution in [1.82, 2.24) is 19.9 Å². The number of imidazole rings is 1. The minimum absolute atomic E-state index is 0.272. The predicted molar refractivity (Wildman–Crippen MR) is 106 cm³/mol. The van der Waals surface area contributed by atoms with Gasteiger partial charge in [-0.05, 0) is 24.6 Å². The van der Waals surface area contributed by atoms with Crippen molar-refractivity contribution in [3.63, 3.8) is 0 Å². The minimum Gasteiger partial charge on any atom is -0.441 e. The molecule has 0 fully saturated rings. The van der Waals surface area contributed by atoms with Crippen LogP contribution in [0.2, 0.25) is 0 Å². The highest BCUT2D eigenvalue weighted by Crippen LogP contribution is 2.24. The molecule has 140 valence electrons. The fourth-order valence-corrected chi connectivity index (χ4v) is 3.11. The van der Waals surface area contributed by atoms with E-state index in [4.69, 9.17) is 4.42 Å². The van der Waals surface area contributed by atoms with Gasteiger partial charge in [-0.3, -0.25) is 4.79 Å². The molecule has 6 nitrogen and oxygen atoms in total. The number of aryl methyl sites for hydroxylation is 2. The molecule has 0 saturated heterocycles. The average molecular weight is 372 g/mol. The summed E-state index contributed by atoms with van der Waals surface area (Å²) in [6, 6.07) is 18.9. The van der Waals surface area contributed by atoms with Crippen molar-refractivity contribution in [2.24, 2.45) is 7.05 Å². The zero-order valence-corrected chi connectivity index (χ0v) is 15.7. The van der Waals surface area contributed by atoms with Gasteiger partial charge in [-0.25, -0.2) is 9.97 Å². The second kappa shape index (κ2) is 7.52. The van der Waals surface area contributed by atoms with Crippen LogP contribution >= 0.6 is 0 Å².